The summed E-state index contributed by atoms with van der Waals surface area (Å²) in [6, 6.07) is 1.56. The number of rotatable bonds is 3. The van der Waals surface area contributed by atoms with Crippen molar-refractivity contribution in [2.24, 2.45) is 0 Å². The molecule has 2 aromatic heterocycles. The molecule has 2 rings (SSSR count). The molecule has 0 fully saturated rings. The largest absolute Gasteiger partial charge is 0.465 e. The number of hydrogen-bond acceptors (Lipinski definition) is 7. The van der Waals surface area contributed by atoms with E-state index < -0.39 is 5.97 Å². The maximum atomic E-state index is 11.5. The molecule has 2 heterocycles. The van der Waals surface area contributed by atoms with Crippen molar-refractivity contribution in [2.75, 3.05) is 12.8 Å². The summed E-state index contributed by atoms with van der Waals surface area (Å²) in [7, 11) is 1.30. The zero-order chi connectivity index (χ0) is 14.0. The van der Waals surface area contributed by atoms with Crippen LogP contribution in [0.5, 0.6) is 0 Å². The summed E-state index contributed by atoms with van der Waals surface area (Å²) >= 11 is 1.22. The van der Waals surface area contributed by atoms with Gasteiger partial charge in [0.1, 0.15) is 10.8 Å². The highest BCUT2D eigenvalue weighted by Crippen LogP contribution is 2.28. The molecule has 0 bridgehead atoms. The lowest BCUT2D eigenvalue weighted by molar-refractivity contribution is 0.0601. The van der Waals surface area contributed by atoms with Crippen molar-refractivity contribution in [1.82, 2.24) is 9.97 Å². The maximum absolute atomic E-state index is 11.5. The molecule has 2 aromatic rings. The first-order valence-corrected chi connectivity index (χ1v) is 6.28. The molecule has 0 saturated carbocycles. The standard InChI is InChI=1S/C12H13N3O3S/c1-6-7(2)18-12(15-6)19-10-4-8(11(16)17-3)9(13)5-14-10/h4-5H,13H2,1-3H3. The minimum atomic E-state index is -0.499. The summed E-state index contributed by atoms with van der Waals surface area (Å²) in [5.74, 6) is 0.257. The van der Waals surface area contributed by atoms with E-state index in [0.29, 0.717) is 10.2 Å². The SMILES string of the molecule is COC(=O)c1cc(Sc2nc(C)c(C)o2)ncc1N. The van der Waals surface area contributed by atoms with E-state index in [9.17, 15) is 4.79 Å². The summed E-state index contributed by atoms with van der Waals surface area (Å²) in [5.41, 5.74) is 7.05. The third kappa shape index (κ3) is 2.87. The number of carbonyl (C=O) groups excluding carboxylic acids is 1. The molecule has 0 aliphatic rings. The van der Waals surface area contributed by atoms with Crippen molar-refractivity contribution in [3.05, 3.63) is 29.3 Å². The highest BCUT2D eigenvalue weighted by Gasteiger charge is 2.14. The number of hydrogen-bond donors (Lipinski definition) is 1. The Bertz CT molecular complexity index is 605. The van der Waals surface area contributed by atoms with Gasteiger partial charge in [-0.05, 0) is 31.7 Å². The zero-order valence-electron chi connectivity index (χ0n) is 10.8. The summed E-state index contributed by atoms with van der Waals surface area (Å²) in [6.45, 7) is 3.70. The fraction of sp³-hybridized carbons (Fsp3) is 0.250. The quantitative estimate of drug-likeness (QED) is 0.861. The Morgan fingerprint density at radius 3 is 2.79 bits per heavy atom. The molecule has 0 spiro atoms. The minimum absolute atomic E-state index is 0.274. The van der Waals surface area contributed by atoms with Crippen LogP contribution in [0, 0.1) is 13.8 Å². The van der Waals surface area contributed by atoms with Crippen molar-refractivity contribution in [2.45, 2.75) is 24.1 Å². The van der Waals surface area contributed by atoms with Crippen LogP contribution < -0.4 is 5.73 Å². The Morgan fingerprint density at radius 1 is 1.47 bits per heavy atom. The maximum Gasteiger partial charge on any atom is 0.340 e. The normalized spacial score (nSPS) is 10.5. The van der Waals surface area contributed by atoms with Gasteiger partial charge in [-0.3, -0.25) is 0 Å². The average molecular weight is 279 g/mol. The van der Waals surface area contributed by atoms with Gasteiger partial charge in [-0.2, -0.15) is 0 Å². The lowest BCUT2D eigenvalue weighted by Gasteiger charge is -2.04. The number of oxazole rings is 1. The average Bonchev–Trinajstić information content (AvgIpc) is 2.69. The lowest BCUT2D eigenvalue weighted by atomic mass is 10.2. The smallest absolute Gasteiger partial charge is 0.340 e. The molecule has 0 aromatic carbocycles. The van der Waals surface area contributed by atoms with Crippen LogP contribution in [0.2, 0.25) is 0 Å². The monoisotopic (exact) mass is 279 g/mol. The van der Waals surface area contributed by atoms with Gasteiger partial charge in [-0.15, -0.1) is 0 Å². The van der Waals surface area contributed by atoms with Crippen LogP contribution in [0.1, 0.15) is 21.8 Å². The number of aromatic nitrogens is 2. The van der Waals surface area contributed by atoms with Gasteiger partial charge in [-0.1, -0.05) is 0 Å². The predicted octanol–water partition coefficient (Wildman–Crippen LogP) is 2.21. The second-order valence-corrected chi connectivity index (χ2v) is 4.80. The molecular weight excluding hydrogens is 266 g/mol. The number of pyridine rings is 1. The Labute approximate surface area is 114 Å². The third-order valence-corrected chi connectivity index (χ3v) is 3.30. The van der Waals surface area contributed by atoms with Gasteiger partial charge < -0.3 is 14.9 Å². The van der Waals surface area contributed by atoms with Crippen molar-refractivity contribution in [3.63, 3.8) is 0 Å². The van der Waals surface area contributed by atoms with Crippen LogP contribution in [0.3, 0.4) is 0 Å². The van der Waals surface area contributed by atoms with Gasteiger partial charge in [0.15, 0.2) is 0 Å². The number of nitrogens with two attached hydrogens (primary N) is 1. The Morgan fingerprint density at radius 2 is 2.21 bits per heavy atom. The van der Waals surface area contributed by atoms with Crippen LogP contribution in [0.15, 0.2) is 26.9 Å². The molecule has 100 valence electrons. The molecule has 0 unspecified atom stereocenters. The Kier molecular flexibility index (Phi) is 3.75. The van der Waals surface area contributed by atoms with Crippen LogP contribution in [0.4, 0.5) is 5.69 Å². The van der Waals surface area contributed by atoms with Crippen LogP contribution in [-0.2, 0) is 4.74 Å². The molecule has 6 nitrogen and oxygen atoms in total. The molecule has 7 heteroatoms. The second-order valence-electron chi connectivity index (χ2n) is 3.82. The van der Waals surface area contributed by atoms with Crippen LogP contribution in [0.25, 0.3) is 0 Å². The van der Waals surface area contributed by atoms with Crippen molar-refractivity contribution >= 4 is 23.4 Å². The molecule has 0 aliphatic heterocycles. The molecule has 0 amide bonds. The van der Waals surface area contributed by atoms with Gasteiger partial charge >= 0.3 is 5.97 Å². The van der Waals surface area contributed by atoms with Gasteiger partial charge in [0.05, 0.1) is 30.3 Å². The summed E-state index contributed by atoms with van der Waals surface area (Å²) in [4.78, 5) is 19.9. The number of aryl methyl sites for hydroxylation is 2. The predicted molar refractivity (Wildman–Crippen MR) is 70.1 cm³/mol. The van der Waals surface area contributed by atoms with E-state index in [1.54, 1.807) is 6.07 Å². The summed E-state index contributed by atoms with van der Waals surface area (Å²) < 4.78 is 10.1. The molecule has 0 aliphatic carbocycles. The lowest BCUT2D eigenvalue weighted by Crippen LogP contribution is -2.06. The second kappa shape index (κ2) is 5.31. The number of nitrogens with zero attached hydrogens (tertiary/aromatic N) is 2. The van der Waals surface area contributed by atoms with Crippen LogP contribution in [-0.4, -0.2) is 23.0 Å². The highest BCUT2D eigenvalue weighted by atomic mass is 32.2. The first kappa shape index (κ1) is 13.4. The molecular formula is C12H13N3O3S. The van der Waals surface area contributed by atoms with Gasteiger partial charge in [-0.25, -0.2) is 14.8 Å². The third-order valence-electron chi connectivity index (χ3n) is 2.52. The topological polar surface area (TPSA) is 91.2 Å². The number of esters is 1. The number of nitrogen functional groups attached to an aromatic ring is 1. The van der Waals surface area contributed by atoms with E-state index in [1.807, 2.05) is 13.8 Å². The number of carbonyl (C=O) groups is 1. The number of anilines is 1. The molecule has 2 N–H and O–H groups in total. The fourth-order valence-corrected chi connectivity index (χ4v) is 2.18. The van der Waals surface area contributed by atoms with E-state index in [1.165, 1.54) is 25.1 Å². The number of methoxy groups -OCH3 is 1. The van der Waals surface area contributed by atoms with Crippen molar-refractivity contribution in [1.29, 1.82) is 0 Å². The van der Waals surface area contributed by atoms with E-state index in [0.717, 1.165) is 11.5 Å². The van der Waals surface area contributed by atoms with E-state index >= 15 is 0 Å². The first-order valence-electron chi connectivity index (χ1n) is 5.47. The molecule has 0 radical (unpaired) electrons. The van der Waals surface area contributed by atoms with E-state index in [2.05, 4.69) is 14.7 Å². The van der Waals surface area contributed by atoms with Gasteiger partial charge in [0.2, 0.25) is 0 Å². The van der Waals surface area contributed by atoms with Gasteiger partial charge in [0.25, 0.3) is 5.22 Å². The van der Waals surface area contributed by atoms with Crippen molar-refractivity contribution < 1.29 is 13.9 Å². The Balaban J connectivity index is 2.28. The Hall–Kier alpha value is -2.02. The molecule has 0 atom stereocenters. The van der Waals surface area contributed by atoms with Crippen LogP contribution >= 0.6 is 11.8 Å². The van der Waals surface area contributed by atoms with E-state index in [-0.39, 0.29) is 11.3 Å². The molecule has 0 saturated heterocycles. The number of ether oxygens (including phenoxy) is 1. The summed E-state index contributed by atoms with van der Waals surface area (Å²) in [6.07, 6.45) is 1.41. The highest BCUT2D eigenvalue weighted by molar-refractivity contribution is 7.99. The fourth-order valence-electron chi connectivity index (χ4n) is 1.37. The minimum Gasteiger partial charge on any atom is -0.465 e. The van der Waals surface area contributed by atoms with Gasteiger partial charge in [0, 0.05) is 0 Å². The zero-order valence-corrected chi connectivity index (χ0v) is 11.6. The molecule has 19 heavy (non-hydrogen) atoms. The summed E-state index contributed by atoms with van der Waals surface area (Å²) in [5, 5.41) is 1.04. The van der Waals surface area contributed by atoms with E-state index in [4.69, 9.17) is 10.2 Å². The van der Waals surface area contributed by atoms with Crippen molar-refractivity contribution in [3.8, 4) is 0 Å². The first-order chi connectivity index (χ1) is 9.01.